The molecular weight excluding hydrogens is 680 g/mol. The summed E-state index contributed by atoms with van der Waals surface area (Å²) in [5.41, 5.74) is 1.01. The van der Waals surface area contributed by atoms with E-state index in [-0.39, 0.29) is 49.8 Å². The fourth-order valence-corrected chi connectivity index (χ4v) is 5.02. The third-order valence-electron chi connectivity index (χ3n) is 8.01. The van der Waals surface area contributed by atoms with Gasteiger partial charge in [0.2, 0.25) is 17.6 Å². The lowest BCUT2D eigenvalue weighted by atomic mass is 10.1. The molecule has 0 bridgehead atoms. The maximum absolute atomic E-state index is 11.9. The van der Waals surface area contributed by atoms with Gasteiger partial charge in [0, 0.05) is 25.7 Å². The van der Waals surface area contributed by atoms with Crippen LogP contribution in [0.5, 0.6) is 0 Å². The largest absolute Gasteiger partial charge is 0.481 e. The number of Topliss-reactive ketones (excluding diaryl/α,β-unsaturated/α-hetero) is 1. The molecule has 2 fully saturated rings. The average Bonchev–Trinajstić information content (AvgIpc) is 3.70. The van der Waals surface area contributed by atoms with Crippen molar-refractivity contribution in [2.24, 2.45) is 0 Å². The van der Waals surface area contributed by atoms with Crippen LogP contribution in [0.2, 0.25) is 0 Å². The zero-order valence-electron chi connectivity index (χ0n) is 30.6. The van der Waals surface area contributed by atoms with E-state index in [1.54, 1.807) is 6.08 Å². The monoisotopic (exact) mass is 736 g/mol. The molecule has 2 amide bonds. The zero-order chi connectivity index (χ0) is 38.7. The molecule has 3 unspecified atom stereocenters. The van der Waals surface area contributed by atoms with Crippen molar-refractivity contribution in [1.82, 2.24) is 10.1 Å². The fourth-order valence-electron chi connectivity index (χ4n) is 5.02. The summed E-state index contributed by atoms with van der Waals surface area (Å²) >= 11 is 0. The van der Waals surface area contributed by atoms with Gasteiger partial charge in [0.15, 0.2) is 0 Å². The van der Waals surface area contributed by atoms with Gasteiger partial charge in [0.25, 0.3) is 0 Å². The van der Waals surface area contributed by atoms with Gasteiger partial charge in [-0.05, 0) is 37.7 Å². The smallest absolute Gasteiger partial charge is 0.374 e. The molecule has 15 heteroatoms. The fraction of sp³-hybridized carbons (Fsp3) is 0.622. The van der Waals surface area contributed by atoms with Crippen LogP contribution in [0.3, 0.4) is 0 Å². The number of unbranched alkanes of at least 4 members (excludes halogenated alkanes) is 4. The second kappa shape index (κ2) is 27.5. The Morgan fingerprint density at radius 1 is 0.865 bits per heavy atom. The number of carboxylic acids is 1. The van der Waals surface area contributed by atoms with Gasteiger partial charge in [-0.1, -0.05) is 75.1 Å². The molecule has 0 spiro atoms. The molecule has 1 aromatic carbocycles. The SMILES string of the molecule is CCCCCC(O)/C=C/C1CCC(=O)N1OCCCCCC(=O)O.COC(=O)CCC(=O)C(=O)OC.O=C1CCC(CO)N1OCc1ccccc1. The number of ketones is 1. The minimum atomic E-state index is -0.932. The van der Waals surface area contributed by atoms with Crippen molar-refractivity contribution in [3.8, 4) is 0 Å². The number of ether oxygens (including phenoxy) is 2. The van der Waals surface area contributed by atoms with Crippen LogP contribution in [0.1, 0.15) is 102 Å². The molecule has 2 saturated heterocycles. The molecule has 0 aliphatic carbocycles. The first-order valence-electron chi connectivity index (χ1n) is 17.8. The summed E-state index contributed by atoms with van der Waals surface area (Å²) in [4.78, 5) is 76.5. The number of aliphatic carboxylic acids is 1. The maximum atomic E-state index is 11.9. The van der Waals surface area contributed by atoms with Gasteiger partial charge in [-0.15, -0.1) is 0 Å². The first-order chi connectivity index (χ1) is 25.0. The number of carbonyl (C=O) groups is 6. The van der Waals surface area contributed by atoms with Crippen molar-refractivity contribution in [1.29, 1.82) is 0 Å². The molecule has 3 N–H and O–H groups in total. The van der Waals surface area contributed by atoms with Gasteiger partial charge in [-0.25, -0.2) is 14.9 Å². The Balaban J connectivity index is 0.000000417. The van der Waals surface area contributed by atoms with Crippen LogP contribution in [-0.2, 0) is 54.5 Å². The Kier molecular flexibility index (Phi) is 24.2. The third-order valence-corrected chi connectivity index (χ3v) is 8.01. The Morgan fingerprint density at radius 2 is 1.56 bits per heavy atom. The number of hydrogen-bond donors (Lipinski definition) is 3. The van der Waals surface area contributed by atoms with Crippen molar-refractivity contribution in [2.75, 3.05) is 27.4 Å². The molecule has 2 aliphatic heterocycles. The summed E-state index contributed by atoms with van der Waals surface area (Å²) in [6.07, 6.45) is 11.5. The summed E-state index contributed by atoms with van der Waals surface area (Å²) in [6, 6.07) is 9.36. The molecule has 3 atom stereocenters. The Bertz CT molecular complexity index is 1260. The lowest BCUT2D eigenvalue weighted by Crippen LogP contribution is -2.35. The number of amides is 2. The van der Waals surface area contributed by atoms with Gasteiger partial charge < -0.3 is 24.8 Å². The van der Waals surface area contributed by atoms with Crippen molar-refractivity contribution in [3.63, 3.8) is 0 Å². The second-order valence-corrected chi connectivity index (χ2v) is 12.2. The van der Waals surface area contributed by atoms with Crippen LogP contribution >= 0.6 is 0 Å². The van der Waals surface area contributed by atoms with Crippen molar-refractivity contribution in [3.05, 3.63) is 48.0 Å². The summed E-state index contributed by atoms with van der Waals surface area (Å²) in [6.45, 7) is 2.86. The Hall–Kier alpha value is -4.18. The molecule has 292 valence electrons. The van der Waals surface area contributed by atoms with Crippen LogP contribution in [0.4, 0.5) is 0 Å². The number of esters is 2. The number of nitrogens with zero attached hydrogens (tertiary/aromatic N) is 2. The van der Waals surface area contributed by atoms with Gasteiger partial charge in [0.1, 0.15) is 6.61 Å². The quantitative estimate of drug-likeness (QED) is 0.0711. The molecule has 2 heterocycles. The first-order valence-corrected chi connectivity index (χ1v) is 17.8. The summed E-state index contributed by atoms with van der Waals surface area (Å²) in [7, 11) is 2.32. The molecule has 1 aromatic rings. The van der Waals surface area contributed by atoms with Crippen LogP contribution in [-0.4, -0.2) is 107 Å². The van der Waals surface area contributed by atoms with Crippen molar-refractivity contribution >= 4 is 35.5 Å². The van der Waals surface area contributed by atoms with E-state index in [9.17, 15) is 33.9 Å². The standard InChI is InChI=1S/C18H31NO5.C12H15NO3.C7H10O5/c1-2-3-5-8-16(20)12-10-15-11-13-17(21)19(15)24-14-7-4-6-9-18(22)23;14-8-11-6-7-12(15)13(11)16-9-10-4-2-1-3-5-10;1-11-6(9)4-3-5(8)7(10)12-2/h10,12,15-16,20H,2-9,11,13-14H2,1H3,(H,22,23);1-5,11,14H,6-9H2;3-4H2,1-2H3/b12-10+;;. The van der Waals surface area contributed by atoms with E-state index in [0.717, 1.165) is 51.2 Å². The summed E-state index contributed by atoms with van der Waals surface area (Å²) in [5.74, 6) is -3.03. The molecule has 0 saturated carbocycles. The number of carboxylic acid groups (broad SMARTS) is 1. The lowest BCUT2D eigenvalue weighted by molar-refractivity contribution is -0.198. The highest BCUT2D eigenvalue weighted by atomic mass is 16.7. The number of methoxy groups -OCH3 is 2. The van der Waals surface area contributed by atoms with E-state index < -0.39 is 29.8 Å². The number of aliphatic hydroxyl groups is 2. The minimum Gasteiger partial charge on any atom is -0.481 e. The number of aliphatic hydroxyl groups excluding tert-OH is 2. The number of benzene rings is 1. The highest BCUT2D eigenvalue weighted by Crippen LogP contribution is 2.22. The predicted molar refractivity (Wildman–Crippen MR) is 188 cm³/mol. The van der Waals surface area contributed by atoms with E-state index in [0.29, 0.717) is 45.3 Å². The van der Waals surface area contributed by atoms with Crippen molar-refractivity contribution in [2.45, 2.75) is 122 Å². The summed E-state index contributed by atoms with van der Waals surface area (Å²) in [5, 5.41) is 30.3. The predicted octanol–water partition coefficient (Wildman–Crippen LogP) is 3.83. The van der Waals surface area contributed by atoms with E-state index in [1.165, 1.54) is 17.2 Å². The minimum absolute atomic E-state index is 0.0318. The number of hydrogen-bond acceptors (Lipinski definition) is 12. The topological polar surface area (TPSA) is 207 Å². The molecule has 2 aliphatic rings. The van der Waals surface area contributed by atoms with E-state index in [4.69, 9.17) is 19.9 Å². The molecule has 0 radical (unpaired) electrons. The number of carbonyl (C=O) groups excluding carboxylic acids is 5. The molecule has 0 aromatic heterocycles. The number of rotatable bonds is 21. The van der Waals surface area contributed by atoms with Gasteiger partial charge in [-0.2, -0.15) is 0 Å². The molecule has 15 nitrogen and oxygen atoms in total. The Labute approximate surface area is 305 Å². The zero-order valence-corrected chi connectivity index (χ0v) is 30.6. The average molecular weight is 737 g/mol. The second-order valence-electron chi connectivity index (χ2n) is 12.2. The van der Waals surface area contributed by atoms with Crippen LogP contribution in [0, 0.1) is 0 Å². The van der Waals surface area contributed by atoms with Gasteiger partial charge in [-0.3, -0.25) is 33.6 Å². The summed E-state index contributed by atoms with van der Waals surface area (Å²) < 4.78 is 8.41. The van der Waals surface area contributed by atoms with Crippen molar-refractivity contribution < 1.29 is 63.2 Å². The maximum Gasteiger partial charge on any atom is 0.374 e. The van der Waals surface area contributed by atoms with Gasteiger partial charge >= 0.3 is 17.9 Å². The molecule has 52 heavy (non-hydrogen) atoms. The van der Waals surface area contributed by atoms with Crippen LogP contribution in [0.15, 0.2) is 42.5 Å². The lowest BCUT2D eigenvalue weighted by Gasteiger charge is -2.22. The number of hydroxylamine groups is 4. The molecule has 3 rings (SSSR count). The highest BCUT2D eigenvalue weighted by molar-refractivity contribution is 6.33. The highest BCUT2D eigenvalue weighted by Gasteiger charge is 2.32. The van der Waals surface area contributed by atoms with Crippen LogP contribution in [0.25, 0.3) is 0 Å². The van der Waals surface area contributed by atoms with E-state index >= 15 is 0 Å². The Morgan fingerprint density at radius 3 is 2.19 bits per heavy atom. The first kappa shape index (κ1) is 45.8. The van der Waals surface area contributed by atoms with Crippen LogP contribution < -0.4 is 0 Å². The van der Waals surface area contributed by atoms with E-state index in [1.807, 2.05) is 36.4 Å². The molecular formula is C37H56N2O13. The van der Waals surface area contributed by atoms with E-state index in [2.05, 4.69) is 16.4 Å². The van der Waals surface area contributed by atoms with Gasteiger partial charge in [0.05, 0.1) is 52.0 Å². The normalized spacial score (nSPS) is 17.2. The third kappa shape index (κ3) is 19.4.